The van der Waals surface area contributed by atoms with Crippen molar-refractivity contribution in [2.45, 2.75) is 45.7 Å². The first-order valence-electron chi connectivity index (χ1n) is 6.47. The molecule has 17 heavy (non-hydrogen) atoms. The molecule has 2 atom stereocenters. The molecule has 100 valence electrons. The molecule has 0 aromatic rings. The standard InChI is InChI=1S/C13H27N3O/c1-10-8-11(6-7-15(10)4)16(5)12(17)13(2,3)9-14/h10-11H,6-9,14H2,1-5H3/t10-,11-/m0/s1. The Balaban J connectivity index is 2.65. The third kappa shape index (κ3) is 3.19. The fraction of sp³-hybridized carbons (Fsp3) is 0.923. The molecule has 2 N–H and O–H groups in total. The van der Waals surface area contributed by atoms with Crippen molar-refractivity contribution in [3.63, 3.8) is 0 Å². The van der Waals surface area contributed by atoms with E-state index in [2.05, 4.69) is 18.9 Å². The topological polar surface area (TPSA) is 49.6 Å². The van der Waals surface area contributed by atoms with Crippen molar-refractivity contribution < 1.29 is 4.79 Å². The highest BCUT2D eigenvalue weighted by molar-refractivity contribution is 5.82. The van der Waals surface area contributed by atoms with Gasteiger partial charge in [-0.05, 0) is 40.7 Å². The van der Waals surface area contributed by atoms with Crippen LogP contribution in [-0.2, 0) is 4.79 Å². The van der Waals surface area contributed by atoms with Crippen molar-refractivity contribution in [1.29, 1.82) is 0 Å². The number of carbonyl (C=O) groups excluding carboxylic acids is 1. The second-order valence-electron chi connectivity index (χ2n) is 6.01. The Morgan fingerprint density at radius 1 is 1.53 bits per heavy atom. The molecule has 1 fully saturated rings. The quantitative estimate of drug-likeness (QED) is 0.799. The van der Waals surface area contributed by atoms with Gasteiger partial charge in [0, 0.05) is 32.2 Å². The first-order valence-corrected chi connectivity index (χ1v) is 6.47. The van der Waals surface area contributed by atoms with E-state index in [-0.39, 0.29) is 5.91 Å². The number of nitrogens with zero attached hydrogens (tertiary/aromatic N) is 2. The molecule has 1 aliphatic rings. The largest absolute Gasteiger partial charge is 0.342 e. The van der Waals surface area contributed by atoms with Crippen LogP contribution in [0.1, 0.15) is 33.6 Å². The summed E-state index contributed by atoms with van der Waals surface area (Å²) in [7, 11) is 4.06. The van der Waals surface area contributed by atoms with Crippen LogP contribution in [0.15, 0.2) is 0 Å². The summed E-state index contributed by atoms with van der Waals surface area (Å²) < 4.78 is 0. The highest BCUT2D eigenvalue weighted by atomic mass is 16.2. The van der Waals surface area contributed by atoms with Crippen LogP contribution >= 0.6 is 0 Å². The average Bonchev–Trinajstić information content (AvgIpc) is 2.30. The lowest BCUT2D eigenvalue weighted by Gasteiger charge is -2.41. The van der Waals surface area contributed by atoms with Gasteiger partial charge in [-0.2, -0.15) is 0 Å². The zero-order valence-electron chi connectivity index (χ0n) is 11.9. The smallest absolute Gasteiger partial charge is 0.229 e. The second kappa shape index (κ2) is 5.36. The number of piperidine rings is 1. The SMILES string of the molecule is C[C@H]1C[C@@H](N(C)C(=O)C(C)(C)CN)CCN1C. The Morgan fingerprint density at radius 2 is 2.12 bits per heavy atom. The Bertz CT molecular complexity index is 278. The summed E-state index contributed by atoms with van der Waals surface area (Å²) in [5, 5.41) is 0. The van der Waals surface area contributed by atoms with Gasteiger partial charge in [0.15, 0.2) is 0 Å². The average molecular weight is 241 g/mol. The number of likely N-dealkylation sites (tertiary alicyclic amines) is 1. The van der Waals surface area contributed by atoms with Gasteiger partial charge in [-0.25, -0.2) is 0 Å². The predicted molar refractivity (Wildman–Crippen MR) is 70.7 cm³/mol. The normalized spacial score (nSPS) is 26.9. The number of carbonyl (C=O) groups is 1. The van der Waals surface area contributed by atoms with Gasteiger partial charge in [-0.1, -0.05) is 0 Å². The summed E-state index contributed by atoms with van der Waals surface area (Å²) in [5.74, 6) is 0.168. The number of nitrogens with two attached hydrogens (primary N) is 1. The molecule has 1 aliphatic heterocycles. The van der Waals surface area contributed by atoms with E-state index in [1.807, 2.05) is 25.8 Å². The van der Waals surface area contributed by atoms with E-state index in [0.717, 1.165) is 19.4 Å². The summed E-state index contributed by atoms with van der Waals surface area (Å²) in [6.07, 6.45) is 2.11. The predicted octanol–water partition coefficient (Wildman–Crippen LogP) is 0.912. The summed E-state index contributed by atoms with van der Waals surface area (Å²) in [4.78, 5) is 16.6. The van der Waals surface area contributed by atoms with Gasteiger partial charge >= 0.3 is 0 Å². The minimum Gasteiger partial charge on any atom is -0.342 e. The van der Waals surface area contributed by atoms with Crippen LogP contribution in [-0.4, -0.2) is 55.0 Å². The Hall–Kier alpha value is -0.610. The van der Waals surface area contributed by atoms with E-state index >= 15 is 0 Å². The van der Waals surface area contributed by atoms with E-state index in [0.29, 0.717) is 18.6 Å². The van der Waals surface area contributed by atoms with Crippen LogP contribution in [0.2, 0.25) is 0 Å². The molecular weight excluding hydrogens is 214 g/mol. The molecule has 0 aliphatic carbocycles. The maximum atomic E-state index is 12.3. The van der Waals surface area contributed by atoms with Crippen molar-refractivity contribution in [1.82, 2.24) is 9.80 Å². The van der Waals surface area contributed by atoms with Crippen LogP contribution in [0.5, 0.6) is 0 Å². The van der Waals surface area contributed by atoms with E-state index in [4.69, 9.17) is 5.73 Å². The fourth-order valence-electron chi connectivity index (χ4n) is 2.35. The summed E-state index contributed by atoms with van der Waals surface area (Å²) >= 11 is 0. The zero-order valence-corrected chi connectivity index (χ0v) is 11.9. The minimum absolute atomic E-state index is 0.168. The van der Waals surface area contributed by atoms with Gasteiger partial charge in [-0.3, -0.25) is 4.79 Å². The minimum atomic E-state index is -0.443. The molecule has 0 unspecified atom stereocenters. The van der Waals surface area contributed by atoms with Crippen LogP contribution in [0.3, 0.4) is 0 Å². The van der Waals surface area contributed by atoms with Gasteiger partial charge < -0.3 is 15.5 Å². The van der Waals surface area contributed by atoms with Crippen molar-refractivity contribution in [3.8, 4) is 0 Å². The third-order valence-corrected chi connectivity index (χ3v) is 4.14. The van der Waals surface area contributed by atoms with Crippen molar-refractivity contribution >= 4 is 5.91 Å². The van der Waals surface area contributed by atoms with Gasteiger partial charge in [0.1, 0.15) is 0 Å². The zero-order chi connectivity index (χ0) is 13.2. The number of amides is 1. The van der Waals surface area contributed by atoms with Gasteiger partial charge in [0.05, 0.1) is 5.41 Å². The van der Waals surface area contributed by atoms with Crippen molar-refractivity contribution in [2.24, 2.45) is 11.1 Å². The molecule has 0 radical (unpaired) electrons. The molecular formula is C13H27N3O. The molecule has 1 rings (SSSR count). The van der Waals surface area contributed by atoms with E-state index in [9.17, 15) is 4.79 Å². The number of hydrogen-bond donors (Lipinski definition) is 1. The Kier molecular flexibility index (Phi) is 4.55. The summed E-state index contributed by atoms with van der Waals surface area (Å²) in [6.45, 7) is 7.53. The van der Waals surface area contributed by atoms with Crippen LogP contribution < -0.4 is 5.73 Å². The van der Waals surface area contributed by atoms with Crippen molar-refractivity contribution in [3.05, 3.63) is 0 Å². The van der Waals surface area contributed by atoms with Gasteiger partial charge in [0.25, 0.3) is 0 Å². The lowest BCUT2D eigenvalue weighted by atomic mass is 9.89. The van der Waals surface area contributed by atoms with Crippen LogP contribution in [0.4, 0.5) is 0 Å². The molecule has 0 saturated carbocycles. The van der Waals surface area contributed by atoms with Crippen LogP contribution in [0.25, 0.3) is 0 Å². The molecule has 1 heterocycles. The first kappa shape index (κ1) is 14.5. The number of hydrogen-bond acceptors (Lipinski definition) is 3. The van der Waals surface area contributed by atoms with Gasteiger partial charge in [-0.15, -0.1) is 0 Å². The molecule has 1 saturated heterocycles. The first-order chi connectivity index (χ1) is 7.79. The lowest BCUT2D eigenvalue weighted by Crippen LogP contribution is -2.52. The van der Waals surface area contributed by atoms with E-state index in [1.165, 1.54) is 0 Å². The lowest BCUT2D eigenvalue weighted by molar-refractivity contribution is -0.141. The molecule has 4 heteroatoms. The second-order valence-corrected chi connectivity index (χ2v) is 6.01. The van der Waals surface area contributed by atoms with Gasteiger partial charge in [0.2, 0.25) is 5.91 Å². The van der Waals surface area contributed by atoms with E-state index in [1.54, 1.807) is 0 Å². The molecule has 0 aromatic carbocycles. The fourth-order valence-corrected chi connectivity index (χ4v) is 2.35. The Labute approximate surface area is 105 Å². The molecule has 0 spiro atoms. The highest BCUT2D eigenvalue weighted by Crippen LogP contribution is 2.24. The van der Waals surface area contributed by atoms with Crippen LogP contribution in [0, 0.1) is 5.41 Å². The molecule has 0 bridgehead atoms. The maximum Gasteiger partial charge on any atom is 0.229 e. The number of rotatable bonds is 3. The summed E-state index contributed by atoms with van der Waals surface area (Å²) in [6, 6.07) is 0.907. The highest BCUT2D eigenvalue weighted by Gasteiger charge is 2.34. The third-order valence-electron chi connectivity index (χ3n) is 4.14. The van der Waals surface area contributed by atoms with E-state index < -0.39 is 5.41 Å². The monoisotopic (exact) mass is 241 g/mol. The molecule has 1 amide bonds. The van der Waals surface area contributed by atoms with Crippen molar-refractivity contribution in [2.75, 3.05) is 27.2 Å². The molecule has 0 aromatic heterocycles. The summed E-state index contributed by atoms with van der Waals surface area (Å²) in [5.41, 5.74) is 5.23. The maximum absolute atomic E-state index is 12.3. The Morgan fingerprint density at radius 3 is 2.59 bits per heavy atom. The molecule has 4 nitrogen and oxygen atoms in total.